The first kappa shape index (κ1) is 19.3. The number of hydrogen-bond acceptors (Lipinski definition) is 5. The number of Topliss-reactive ketones (excluding diaryl/α,β-unsaturated/α-hetero) is 1. The van der Waals surface area contributed by atoms with Gasteiger partial charge in [0.2, 0.25) is 5.78 Å². The fourth-order valence-electron chi connectivity index (χ4n) is 1.89. The maximum Gasteiger partial charge on any atom is 0.328 e. The average Bonchev–Trinajstić information content (AvgIpc) is 3.04. The van der Waals surface area contributed by atoms with Crippen LogP contribution in [0.15, 0.2) is 18.5 Å². The molecule has 0 aromatic carbocycles. The van der Waals surface area contributed by atoms with Crippen molar-refractivity contribution in [1.29, 1.82) is 0 Å². The smallest absolute Gasteiger partial charge is 0.328 e. The van der Waals surface area contributed by atoms with E-state index in [4.69, 9.17) is 10.3 Å². The Morgan fingerprint density at radius 3 is 2.71 bits per heavy atom. The van der Waals surface area contributed by atoms with E-state index in [1.807, 2.05) is 0 Å². The predicted octanol–water partition coefficient (Wildman–Crippen LogP) is 0.134. The van der Waals surface area contributed by atoms with E-state index in [1.165, 1.54) is 12.3 Å². The molecule has 1 rings (SSSR count). The van der Waals surface area contributed by atoms with Gasteiger partial charge in [0.1, 0.15) is 6.04 Å². The molecule has 0 saturated heterocycles. The Hall–Kier alpha value is -2.77. The Kier molecular flexibility index (Phi) is 7.54. The van der Waals surface area contributed by atoms with Crippen LogP contribution < -0.4 is 5.32 Å². The molecule has 0 radical (unpaired) electrons. The molecule has 24 heavy (non-hydrogen) atoms. The molecule has 0 spiro atoms. The molecule has 130 valence electrons. The molecule has 0 aliphatic rings. The van der Waals surface area contributed by atoms with E-state index in [-0.39, 0.29) is 12.8 Å². The van der Waals surface area contributed by atoms with Gasteiger partial charge in [-0.25, -0.2) is 4.79 Å². The second-order valence-electron chi connectivity index (χ2n) is 5.34. The molecule has 0 saturated carbocycles. The van der Waals surface area contributed by atoms with Crippen molar-refractivity contribution in [3.05, 3.63) is 29.6 Å². The van der Waals surface area contributed by atoms with Crippen molar-refractivity contribution >= 4 is 23.9 Å². The number of nitrogens with one attached hydrogen (secondary N) is 2. The maximum absolute atomic E-state index is 12.1. The molecule has 3 N–H and O–H groups in total. The van der Waals surface area contributed by atoms with Gasteiger partial charge >= 0.3 is 12.2 Å². The fraction of sp³-hybridized carbons (Fsp3) is 0.467. The zero-order valence-electron chi connectivity index (χ0n) is 13.4. The van der Waals surface area contributed by atoms with E-state index in [1.54, 1.807) is 20.0 Å². The molecule has 9 nitrogen and oxygen atoms in total. The lowest BCUT2D eigenvalue weighted by Crippen LogP contribution is -2.44. The van der Waals surface area contributed by atoms with Crippen LogP contribution in [0.1, 0.15) is 38.4 Å². The quantitative estimate of drug-likeness (QED) is 0.254. The number of ketones is 1. The molecular weight excluding hydrogens is 316 g/mol. The maximum atomic E-state index is 12.1. The van der Waals surface area contributed by atoms with Crippen molar-refractivity contribution in [3.63, 3.8) is 0 Å². The molecule has 1 aromatic heterocycles. The standard InChI is InChI=1S/C15H20N4O5/c1-9(2)24-15(23)12(4-3-11(20)8-18-16)19-14(22)13(21)10-5-6-17-7-10/h5-9,12-13,17,21H,3-4H2,1-2H3,(H,19,22)/t12-,13-/m0/s1. The third-order valence-corrected chi connectivity index (χ3v) is 3.02. The summed E-state index contributed by atoms with van der Waals surface area (Å²) in [6.45, 7) is 3.30. The molecule has 0 fully saturated rings. The Labute approximate surface area is 138 Å². The van der Waals surface area contributed by atoms with E-state index in [9.17, 15) is 19.5 Å². The summed E-state index contributed by atoms with van der Waals surface area (Å²) in [6, 6.07) is 0.414. The van der Waals surface area contributed by atoms with E-state index in [0.29, 0.717) is 11.8 Å². The summed E-state index contributed by atoms with van der Waals surface area (Å²) in [5, 5.41) is 12.3. The van der Waals surface area contributed by atoms with Gasteiger partial charge in [-0.1, -0.05) is 0 Å². The van der Waals surface area contributed by atoms with E-state index in [0.717, 1.165) is 0 Å². The minimum Gasteiger partial charge on any atom is -0.461 e. The highest BCUT2D eigenvalue weighted by Crippen LogP contribution is 2.13. The largest absolute Gasteiger partial charge is 0.461 e. The van der Waals surface area contributed by atoms with Crippen LogP contribution >= 0.6 is 0 Å². The van der Waals surface area contributed by atoms with Crippen molar-refractivity contribution in [1.82, 2.24) is 10.3 Å². The molecule has 2 atom stereocenters. The Balaban J connectivity index is 2.76. The summed E-state index contributed by atoms with van der Waals surface area (Å²) >= 11 is 0. The second-order valence-corrected chi connectivity index (χ2v) is 5.34. The van der Waals surface area contributed by atoms with E-state index < -0.39 is 35.9 Å². The first-order valence-corrected chi connectivity index (χ1v) is 7.37. The first-order valence-electron chi connectivity index (χ1n) is 7.37. The number of hydrogen-bond donors (Lipinski definition) is 3. The number of esters is 1. The molecule has 0 unspecified atom stereocenters. The van der Waals surface area contributed by atoms with Gasteiger partial charge in [-0.2, -0.15) is 4.79 Å². The molecule has 1 aromatic rings. The number of H-pyrrole nitrogens is 1. The average molecular weight is 336 g/mol. The zero-order valence-corrected chi connectivity index (χ0v) is 13.4. The number of aliphatic hydroxyl groups excluding tert-OH is 1. The van der Waals surface area contributed by atoms with Gasteiger partial charge in [0.05, 0.1) is 6.10 Å². The highest BCUT2D eigenvalue weighted by Gasteiger charge is 2.27. The third kappa shape index (κ3) is 6.15. The van der Waals surface area contributed by atoms with Gasteiger partial charge in [0.25, 0.3) is 5.91 Å². The van der Waals surface area contributed by atoms with E-state index >= 15 is 0 Å². The van der Waals surface area contributed by atoms with Crippen LogP contribution in [-0.2, 0) is 19.1 Å². The third-order valence-electron chi connectivity index (χ3n) is 3.02. The van der Waals surface area contributed by atoms with Crippen molar-refractivity contribution in [2.24, 2.45) is 0 Å². The number of aromatic nitrogens is 1. The molecule has 9 heteroatoms. The summed E-state index contributed by atoms with van der Waals surface area (Å²) in [6.07, 6.45) is 1.66. The number of carbonyl (C=O) groups is 3. The predicted molar refractivity (Wildman–Crippen MR) is 82.8 cm³/mol. The molecule has 1 heterocycles. The van der Waals surface area contributed by atoms with Gasteiger partial charge in [-0.15, -0.1) is 0 Å². The van der Waals surface area contributed by atoms with Crippen molar-refractivity contribution in [3.8, 4) is 0 Å². The fourth-order valence-corrected chi connectivity index (χ4v) is 1.89. The lowest BCUT2D eigenvalue weighted by atomic mass is 10.1. The van der Waals surface area contributed by atoms with Crippen LogP contribution in [0.4, 0.5) is 0 Å². The number of amides is 1. The summed E-state index contributed by atoms with van der Waals surface area (Å²) in [5.74, 6) is -2.02. The SMILES string of the molecule is CC(C)OC(=O)[C@H](CCC(=O)C=[N+]=[N-])NC(=O)[C@@H](O)c1cc[nH]c1. The molecule has 0 aliphatic heterocycles. The van der Waals surface area contributed by atoms with Crippen LogP contribution in [-0.4, -0.2) is 50.9 Å². The van der Waals surface area contributed by atoms with Gasteiger partial charge < -0.3 is 25.7 Å². The topological polar surface area (TPSA) is 145 Å². The molecule has 0 bridgehead atoms. The number of aliphatic hydroxyl groups is 1. The van der Waals surface area contributed by atoms with Gasteiger partial charge in [-0.05, 0) is 26.3 Å². The Morgan fingerprint density at radius 1 is 1.46 bits per heavy atom. The lowest BCUT2D eigenvalue weighted by molar-refractivity contribution is -0.152. The number of carbonyl (C=O) groups excluding carboxylic acids is 3. The minimum absolute atomic E-state index is 0.0536. The highest BCUT2D eigenvalue weighted by atomic mass is 16.5. The number of rotatable bonds is 9. The number of nitrogens with zero attached hydrogens (tertiary/aromatic N) is 2. The molecule has 1 amide bonds. The van der Waals surface area contributed by atoms with Crippen molar-refractivity contribution < 1.29 is 29.0 Å². The van der Waals surface area contributed by atoms with Gasteiger partial charge in [-0.3, -0.25) is 9.59 Å². The van der Waals surface area contributed by atoms with Crippen molar-refractivity contribution in [2.45, 2.75) is 44.9 Å². The van der Waals surface area contributed by atoms with Crippen LogP contribution in [0.5, 0.6) is 0 Å². The van der Waals surface area contributed by atoms with Crippen molar-refractivity contribution in [2.75, 3.05) is 0 Å². The lowest BCUT2D eigenvalue weighted by Gasteiger charge is -2.20. The summed E-state index contributed by atoms with van der Waals surface area (Å²) < 4.78 is 5.04. The Bertz CT molecular complexity index is 620. The monoisotopic (exact) mass is 336 g/mol. The van der Waals surface area contributed by atoms with E-state index in [2.05, 4.69) is 15.1 Å². The number of ether oxygens (including phenoxy) is 1. The van der Waals surface area contributed by atoms with Gasteiger partial charge in [0.15, 0.2) is 6.10 Å². The van der Waals surface area contributed by atoms with Gasteiger partial charge in [0, 0.05) is 24.4 Å². The Morgan fingerprint density at radius 2 is 2.17 bits per heavy atom. The van der Waals surface area contributed by atoms with Crippen LogP contribution in [0, 0.1) is 0 Å². The number of aromatic amines is 1. The molecular formula is C15H20N4O5. The second kappa shape index (κ2) is 9.39. The van der Waals surface area contributed by atoms with Crippen LogP contribution in [0.25, 0.3) is 5.53 Å². The van der Waals surface area contributed by atoms with Crippen LogP contribution in [0.2, 0.25) is 0 Å². The summed E-state index contributed by atoms with van der Waals surface area (Å²) in [4.78, 5) is 40.8. The normalized spacial score (nSPS) is 12.8. The summed E-state index contributed by atoms with van der Waals surface area (Å²) in [5.41, 5.74) is 8.64. The zero-order chi connectivity index (χ0) is 18.1. The summed E-state index contributed by atoms with van der Waals surface area (Å²) in [7, 11) is 0. The van der Waals surface area contributed by atoms with Crippen LogP contribution in [0.3, 0.4) is 0 Å². The minimum atomic E-state index is -1.46. The highest BCUT2D eigenvalue weighted by molar-refractivity contribution is 6.25. The molecule has 0 aliphatic carbocycles. The first-order chi connectivity index (χ1) is 11.3.